The molecule has 2 aromatic rings. The lowest BCUT2D eigenvalue weighted by molar-refractivity contribution is -0.116. The molecule has 1 heterocycles. The summed E-state index contributed by atoms with van der Waals surface area (Å²) in [5, 5.41) is 2.51. The Labute approximate surface area is 157 Å². The first-order chi connectivity index (χ1) is 12.8. The molecular weight excluding hydrogens is 374 g/mol. The summed E-state index contributed by atoms with van der Waals surface area (Å²) in [6.45, 7) is -0.454. The van der Waals surface area contributed by atoms with Crippen molar-refractivity contribution in [2.75, 3.05) is 33.1 Å². The van der Waals surface area contributed by atoms with Crippen LogP contribution in [0.15, 0.2) is 47.6 Å². The van der Waals surface area contributed by atoms with E-state index in [2.05, 4.69) is 10.3 Å². The summed E-state index contributed by atoms with van der Waals surface area (Å²) < 4.78 is 35.5. The van der Waals surface area contributed by atoms with Gasteiger partial charge in [-0.3, -0.25) is 9.78 Å². The number of methoxy groups -OCH3 is 2. The van der Waals surface area contributed by atoms with Gasteiger partial charge in [-0.2, -0.15) is 4.31 Å². The standard InChI is InChI=1S/C17H19N3O6S/c1-20(27(23,24)13-5-4-8-18-10-13)11-16(21)19-15-7-6-12(25-2)9-14(15)17(22)26-3/h4-10H,11H2,1-3H3,(H,19,21). The smallest absolute Gasteiger partial charge is 0.340 e. The second kappa shape index (κ2) is 8.60. The average molecular weight is 393 g/mol. The minimum Gasteiger partial charge on any atom is -0.497 e. The quantitative estimate of drug-likeness (QED) is 0.701. The van der Waals surface area contributed by atoms with Crippen LogP contribution in [0.25, 0.3) is 0 Å². The molecule has 0 fully saturated rings. The van der Waals surface area contributed by atoms with E-state index in [1.54, 1.807) is 6.07 Å². The molecule has 0 spiro atoms. The number of esters is 1. The number of nitrogens with one attached hydrogen (secondary N) is 1. The van der Waals surface area contributed by atoms with Crippen molar-refractivity contribution in [1.82, 2.24) is 9.29 Å². The molecule has 144 valence electrons. The number of likely N-dealkylation sites (N-methyl/N-ethyl adjacent to an activating group) is 1. The number of pyridine rings is 1. The van der Waals surface area contributed by atoms with Gasteiger partial charge in [-0.1, -0.05) is 0 Å². The van der Waals surface area contributed by atoms with Crippen molar-refractivity contribution in [3.8, 4) is 5.75 Å². The molecule has 0 aliphatic carbocycles. The molecule has 27 heavy (non-hydrogen) atoms. The van der Waals surface area contributed by atoms with E-state index in [-0.39, 0.29) is 16.1 Å². The van der Waals surface area contributed by atoms with Crippen LogP contribution in [-0.2, 0) is 19.6 Å². The van der Waals surface area contributed by atoms with Gasteiger partial charge in [0.2, 0.25) is 15.9 Å². The summed E-state index contributed by atoms with van der Waals surface area (Å²) in [5.74, 6) is -0.884. The Bertz CT molecular complexity index is 931. The largest absolute Gasteiger partial charge is 0.497 e. The number of hydrogen-bond donors (Lipinski definition) is 1. The maximum absolute atomic E-state index is 12.4. The van der Waals surface area contributed by atoms with Gasteiger partial charge in [-0.15, -0.1) is 0 Å². The highest BCUT2D eigenvalue weighted by atomic mass is 32.2. The molecule has 1 aromatic carbocycles. The number of hydrogen-bond acceptors (Lipinski definition) is 7. The van der Waals surface area contributed by atoms with E-state index in [1.165, 1.54) is 57.9 Å². The van der Waals surface area contributed by atoms with Crippen LogP contribution in [0.1, 0.15) is 10.4 Å². The summed E-state index contributed by atoms with van der Waals surface area (Å²) in [5.41, 5.74) is 0.266. The third-order valence-corrected chi connectivity index (χ3v) is 5.40. The number of aromatic nitrogens is 1. The van der Waals surface area contributed by atoms with Gasteiger partial charge in [-0.25, -0.2) is 13.2 Å². The van der Waals surface area contributed by atoms with Crippen LogP contribution in [0.3, 0.4) is 0 Å². The monoisotopic (exact) mass is 393 g/mol. The zero-order valence-corrected chi connectivity index (χ0v) is 15.8. The molecule has 1 N–H and O–H groups in total. The summed E-state index contributed by atoms with van der Waals surface area (Å²) in [4.78, 5) is 27.9. The number of benzene rings is 1. The van der Waals surface area contributed by atoms with E-state index in [4.69, 9.17) is 9.47 Å². The Morgan fingerprint density at radius 3 is 2.56 bits per heavy atom. The molecule has 0 aliphatic rings. The van der Waals surface area contributed by atoms with Crippen LogP contribution in [0.4, 0.5) is 5.69 Å². The van der Waals surface area contributed by atoms with E-state index in [0.29, 0.717) is 5.75 Å². The van der Waals surface area contributed by atoms with E-state index in [0.717, 1.165) is 4.31 Å². The molecule has 1 aromatic heterocycles. The van der Waals surface area contributed by atoms with Crippen LogP contribution < -0.4 is 10.1 Å². The molecule has 0 aliphatic heterocycles. The first-order valence-corrected chi connectivity index (χ1v) is 9.16. The predicted octanol–water partition coefficient (Wildman–Crippen LogP) is 1.14. The Morgan fingerprint density at radius 2 is 1.96 bits per heavy atom. The molecule has 0 bridgehead atoms. The van der Waals surface area contributed by atoms with Crippen molar-refractivity contribution in [3.05, 3.63) is 48.3 Å². The number of carbonyl (C=O) groups is 2. The average Bonchev–Trinajstić information content (AvgIpc) is 2.68. The normalized spacial score (nSPS) is 11.1. The molecule has 0 saturated heterocycles. The molecular formula is C17H19N3O6S. The lowest BCUT2D eigenvalue weighted by Gasteiger charge is -2.17. The van der Waals surface area contributed by atoms with Crippen LogP contribution >= 0.6 is 0 Å². The number of rotatable bonds is 7. The summed E-state index contributed by atoms with van der Waals surface area (Å²) in [6, 6.07) is 7.31. The predicted molar refractivity (Wildman–Crippen MR) is 97.0 cm³/mol. The van der Waals surface area contributed by atoms with Gasteiger partial charge in [0.25, 0.3) is 0 Å². The van der Waals surface area contributed by atoms with Gasteiger partial charge in [0.15, 0.2) is 0 Å². The third-order valence-electron chi connectivity index (χ3n) is 3.61. The van der Waals surface area contributed by atoms with Gasteiger partial charge < -0.3 is 14.8 Å². The van der Waals surface area contributed by atoms with E-state index in [1.807, 2.05) is 0 Å². The van der Waals surface area contributed by atoms with Crippen molar-refractivity contribution < 1.29 is 27.5 Å². The Balaban J connectivity index is 2.17. The fourth-order valence-electron chi connectivity index (χ4n) is 2.19. The Kier molecular flexibility index (Phi) is 6.48. The van der Waals surface area contributed by atoms with Gasteiger partial charge in [0.05, 0.1) is 32.0 Å². The molecule has 0 radical (unpaired) electrons. The fraction of sp³-hybridized carbons (Fsp3) is 0.235. The van der Waals surface area contributed by atoms with Gasteiger partial charge in [-0.05, 0) is 30.3 Å². The van der Waals surface area contributed by atoms with Crippen molar-refractivity contribution in [1.29, 1.82) is 0 Å². The lowest BCUT2D eigenvalue weighted by atomic mass is 10.1. The van der Waals surface area contributed by atoms with Gasteiger partial charge in [0.1, 0.15) is 10.6 Å². The zero-order chi connectivity index (χ0) is 20.0. The minimum absolute atomic E-state index is 0.0278. The van der Waals surface area contributed by atoms with E-state index >= 15 is 0 Å². The molecule has 0 atom stereocenters. The first-order valence-electron chi connectivity index (χ1n) is 7.72. The molecule has 0 unspecified atom stereocenters. The maximum atomic E-state index is 12.4. The second-order valence-corrected chi connectivity index (χ2v) is 7.45. The highest BCUT2D eigenvalue weighted by Crippen LogP contribution is 2.23. The van der Waals surface area contributed by atoms with E-state index in [9.17, 15) is 18.0 Å². The number of amides is 1. The van der Waals surface area contributed by atoms with Crippen molar-refractivity contribution >= 4 is 27.6 Å². The molecule has 2 rings (SSSR count). The molecule has 1 amide bonds. The van der Waals surface area contributed by atoms with Crippen molar-refractivity contribution in [3.63, 3.8) is 0 Å². The Morgan fingerprint density at radius 1 is 1.22 bits per heavy atom. The zero-order valence-electron chi connectivity index (χ0n) is 15.0. The lowest BCUT2D eigenvalue weighted by Crippen LogP contribution is -2.35. The molecule has 0 saturated carbocycles. The van der Waals surface area contributed by atoms with Crippen LogP contribution in [0.2, 0.25) is 0 Å². The molecule has 10 heteroatoms. The summed E-state index contributed by atoms with van der Waals surface area (Å²) in [6.07, 6.45) is 2.65. The number of nitrogens with zero attached hydrogens (tertiary/aromatic N) is 2. The van der Waals surface area contributed by atoms with Gasteiger partial charge in [0, 0.05) is 19.4 Å². The van der Waals surface area contributed by atoms with Crippen LogP contribution in [0, 0.1) is 0 Å². The number of carbonyl (C=O) groups excluding carboxylic acids is 2. The third kappa shape index (κ3) is 4.80. The first kappa shape index (κ1) is 20.3. The summed E-state index contributed by atoms with van der Waals surface area (Å²) in [7, 11) is 0.0526. The van der Waals surface area contributed by atoms with Gasteiger partial charge >= 0.3 is 5.97 Å². The second-order valence-electron chi connectivity index (χ2n) is 5.40. The summed E-state index contributed by atoms with van der Waals surface area (Å²) >= 11 is 0. The highest BCUT2D eigenvalue weighted by Gasteiger charge is 2.24. The van der Waals surface area contributed by atoms with Crippen LogP contribution in [0.5, 0.6) is 5.75 Å². The molecule has 9 nitrogen and oxygen atoms in total. The highest BCUT2D eigenvalue weighted by molar-refractivity contribution is 7.89. The topological polar surface area (TPSA) is 115 Å². The number of ether oxygens (including phenoxy) is 2. The SMILES string of the molecule is COC(=O)c1cc(OC)ccc1NC(=O)CN(C)S(=O)(=O)c1cccnc1. The Hall–Kier alpha value is -2.98. The van der Waals surface area contributed by atoms with Crippen molar-refractivity contribution in [2.45, 2.75) is 4.90 Å². The van der Waals surface area contributed by atoms with E-state index < -0.39 is 28.4 Å². The van der Waals surface area contributed by atoms with Crippen LogP contribution in [-0.4, -0.2) is 57.4 Å². The van der Waals surface area contributed by atoms with Crippen molar-refractivity contribution in [2.24, 2.45) is 0 Å². The number of sulfonamides is 1. The minimum atomic E-state index is -3.87. The maximum Gasteiger partial charge on any atom is 0.340 e. The number of anilines is 1. The fourth-order valence-corrected chi connectivity index (χ4v) is 3.29.